The van der Waals surface area contributed by atoms with Gasteiger partial charge in [-0.15, -0.1) is 0 Å². The highest BCUT2D eigenvalue weighted by atomic mass is 32.2. The second kappa shape index (κ2) is 7.88. The van der Waals surface area contributed by atoms with Crippen LogP contribution >= 0.6 is 11.3 Å². The summed E-state index contributed by atoms with van der Waals surface area (Å²) in [6.07, 6.45) is 1.46. The summed E-state index contributed by atoms with van der Waals surface area (Å²) in [5, 5.41) is 17.5. The van der Waals surface area contributed by atoms with E-state index in [1.54, 1.807) is 23.6 Å². The Hall–Kier alpha value is -2.46. The minimum Gasteiger partial charge on any atom is -0.466 e. The zero-order valence-electron chi connectivity index (χ0n) is 15.3. The van der Waals surface area contributed by atoms with E-state index in [-0.39, 0.29) is 17.0 Å². The third kappa shape index (κ3) is 3.88. The molecule has 1 unspecified atom stereocenters. The summed E-state index contributed by atoms with van der Waals surface area (Å²) in [6, 6.07) is 10.7. The molecule has 0 radical (unpaired) electrons. The van der Waals surface area contributed by atoms with Gasteiger partial charge in [0, 0.05) is 25.2 Å². The van der Waals surface area contributed by atoms with Crippen LogP contribution in [0.15, 0.2) is 68.8 Å². The van der Waals surface area contributed by atoms with Crippen molar-refractivity contribution in [1.29, 1.82) is 0 Å². The molecule has 1 atom stereocenters. The average Bonchev–Trinajstić information content (AvgIpc) is 3.40. The second-order valence-electron chi connectivity index (χ2n) is 6.34. The summed E-state index contributed by atoms with van der Waals surface area (Å²) in [5.41, 5.74) is -0.613. The van der Waals surface area contributed by atoms with Gasteiger partial charge in [-0.2, -0.15) is 11.3 Å². The van der Waals surface area contributed by atoms with E-state index in [1.807, 2.05) is 5.38 Å². The molecule has 2 aromatic heterocycles. The number of carbonyl (C=O) groups excluding carboxylic acids is 1. The highest BCUT2D eigenvalue weighted by Crippen LogP contribution is 2.31. The molecular weight excluding hydrogens is 400 g/mol. The Morgan fingerprint density at radius 2 is 1.93 bits per heavy atom. The summed E-state index contributed by atoms with van der Waals surface area (Å²) < 4.78 is 30.7. The molecular formula is C19H20N2O5S2. The van der Waals surface area contributed by atoms with Crippen LogP contribution in [0.4, 0.5) is 0 Å². The molecule has 0 fully saturated rings. The molecule has 3 aromatic rings. The van der Waals surface area contributed by atoms with Gasteiger partial charge in [0.05, 0.1) is 17.7 Å². The molecule has 7 nitrogen and oxygen atoms in total. The van der Waals surface area contributed by atoms with Gasteiger partial charge in [0.25, 0.3) is 5.91 Å². The highest BCUT2D eigenvalue weighted by molar-refractivity contribution is 7.89. The smallest absolute Gasteiger partial charge is 0.251 e. The number of carbonyl (C=O) groups is 1. The molecule has 9 heteroatoms. The zero-order valence-corrected chi connectivity index (χ0v) is 17.0. The number of hydrogen-bond donors (Lipinski definition) is 2. The van der Waals surface area contributed by atoms with Crippen molar-refractivity contribution in [3.05, 3.63) is 76.4 Å². The fourth-order valence-corrected chi connectivity index (χ4v) is 4.27. The summed E-state index contributed by atoms with van der Waals surface area (Å²) >= 11 is 1.43. The van der Waals surface area contributed by atoms with Gasteiger partial charge in [0.2, 0.25) is 10.0 Å². The van der Waals surface area contributed by atoms with E-state index in [9.17, 15) is 18.3 Å². The van der Waals surface area contributed by atoms with Crippen LogP contribution in [0.2, 0.25) is 0 Å². The van der Waals surface area contributed by atoms with Crippen LogP contribution in [0.1, 0.15) is 21.7 Å². The van der Waals surface area contributed by atoms with E-state index >= 15 is 0 Å². The minimum absolute atomic E-state index is 0.0967. The van der Waals surface area contributed by atoms with Gasteiger partial charge in [-0.05, 0) is 53.2 Å². The molecule has 0 saturated heterocycles. The fraction of sp³-hybridized carbons (Fsp3) is 0.211. The first kappa shape index (κ1) is 20.3. The van der Waals surface area contributed by atoms with Gasteiger partial charge in [0.15, 0.2) is 5.60 Å². The predicted molar refractivity (Wildman–Crippen MR) is 106 cm³/mol. The van der Waals surface area contributed by atoms with E-state index in [4.69, 9.17) is 4.42 Å². The molecule has 1 amide bonds. The average molecular weight is 421 g/mol. The van der Waals surface area contributed by atoms with Crippen LogP contribution in [0.3, 0.4) is 0 Å². The van der Waals surface area contributed by atoms with Crippen molar-refractivity contribution in [2.75, 3.05) is 20.6 Å². The van der Waals surface area contributed by atoms with E-state index in [0.29, 0.717) is 11.3 Å². The lowest BCUT2D eigenvalue weighted by atomic mass is 9.93. The summed E-state index contributed by atoms with van der Waals surface area (Å²) in [7, 11) is -0.683. The normalized spacial score (nSPS) is 14.0. The lowest BCUT2D eigenvalue weighted by Crippen LogP contribution is -2.41. The second-order valence-corrected chi connectivity index (χ2v) is 9.28. The third-order valence-electron chi connectivity index (χ3n) is 4.33. The van der Waals surface area contributed by atoms with Gasteiger partial charge in [-0.3, -0.25) is 4.79 Å². The Morgan fingerprint density at radius 3 is 2.46 bits per heavy atom. The van der Waals surface area contributed by atoms with E-state index in [2.05, 4.69) is 5.32 Å². The lowest BCUT2D eigenvalue weighted by molar-refractivity contribution is 0.0528. The molecule has 0 aliphatic heterocycles. The Labute approximate surface area is 167 Å². The molecule has 0 bridgehead atoms. The van der Waals surface area contributed by atoms with Gasteiger partial charge >= 0.3 is 0 Å². The number of hydrogen-bond acceptors (Lipinski definition) is 6. The molecule has 0 aliphatic rings. The molecule has 2 heterocycles. The summed E-state index contributed by atoms with van der Waals surface area (Å²) in [5.74, 6) is -0.118. The third-order valence-corrected chi connectivity index (χ3v) is 6.84. The summed E-state index contributed by atoms with van der Waals surface area (Å²) in [4.78, 5) is 12.6. The molecule has 28 heavy (non-hydrogen) atoms. The number of thiophene rings is 1. The first-order valence-corrected chi connectivity index (χ1v) is 10.7. The van der Waals surface area contributed by atoms with Crippen LogP contribution < -0.4 is 5.32 Å². The Morgan fingerprint density at radius 1 is 1.21 bits per heavy atom. The van der Waals surface area contributed by atoms with Gasteiger partial charge in [0.1, 0.15) is 5.76 Å². The number of rotatable bonds is 7. The van der Waals surface area contributed by atoms with Crippen LogP contribution in [-0.2, 0) is 15.6 Å². The Bertz CT molecular complexity index is 990. The maximum atomic E-state index is 12.5. The molecule has 3 rings (SSSR count). The maximum Gasteiger partial charge on any atom is 0.251 e. The number of benzene rings is 1. The Balaban J connectivity index is 1.77. The molecule has 0 saturated carbocycles. The first-order chi connectivity index (χ1) is 13.2. The van der Waals surface area contributed by atoms with Crippen LogP contribution in [0.25, 0.3) is 0 Å². The largest absolute Gasteiger partial charge is 0.466 e. The maximum absolute atomic E-state index is 12.5. The number of nitrogens with one attached hydrogen (secondary N) is 1. The SMILES string of the molecule is CN(C)S(=O)(=O)c1ccc(C(=O)NCC(O)(c2ccsc2)c2ccco2)cc1. The van der Waals surface area contributed by atoms with Crippen molar-refractivity contribution >= 4 is 27.3 Å². The minimum atomic E-state index is -3.56. The topological polar surface area (TPSA) is 99.9 Å². The van der Waals surface area contributed by atoms with Crippen LogP contribution in [0, 0.1) is 0 Å². The van der Waals surface area contributed by atoms with Crippen molar-refractivity contribution in [2.24, 2.45) is 0 Å². The van der Waals surface area contributed by atoms with E-state index < -0.39 is 21.5 Å². The van der Waals surface area contributed by atoms with Gasteiger partial charge < -0.3 is 14.8 Å². The van der Waals surface area contributed by atoms with Crippen molar-refractivity contribution in [1.82, 2.24) is 9.62 Å². The predicted octanol–water partition coefficient (Wildman–Crippen LogP) is 2.26. The Kier molecular flexibility index (Phi) is 5.71. The summed E-state index contributed by atoms with van der Waals surface area (Å²) in [6.45, 7) is -0.103. The van der Waals surface area contributed by atoms with Crippen molar-refractivity contribution < 1.29 is 22.7 Å². The quantitative estimate of drug-likeness (QED) is 0.611. The van der Waals surface area contributed by atoms with Crippen LogP contribution in [0.5, 0.6) is 0 Å². The van der Waals surface area contributed by atoms with Crippen molar-refractivity contribution in [3.63, 3.8) is 0 Å². The molecule has 0 spiro atoms. The number of nitrogens with zero attached hydrogens (tertiary/aromatic N) is 1. The number of furan rings is 1. The fourth-order valence-electron chi connectivity index (χ4n) is 2.64. The first-order valence-electron chi connectivity index (χ1n) is 8.35. The number of sulfonamides is 1. The lowest BCUT2D eigenvalue weighted by Gasteiger charge is -2.25. The van der Waals surface area contributed by atoms with Crippen molar-refractivity contribution in [3.8, 4) is 0 Å². The monoisotopic (exact) mass is 420 g/mol. The van der Waals surface area contributed by atoms with Gasteiger partial charge in [-0.25, -0.2) is 12.7 Å². The number of amides is 1. The zero-order chi connectivity index (χ0) is 20.4. The van der Waals surface area contributed by atoms with E-state index in [1.165, 1.54) is 56.0 Å². The molecule has 0 aliphatic carbocycles. The van der Waals surface area contributed by atoms with Crippen LogP contribution in [-0.4, -0.2) is 44.4 Å². The molecule has 148 valence electrons. The highest BCUT2D eigenvalue weighted by Gasteiger charge is 2.35. The van der Waals surface area contributed by atoms with Crippen molar-refractivity contribution in [2.45, 2.75) is 10.5 Å². The molecule has 1 aromatic carbocycles. The molecule has 2 N–H and O–H groups in total. The standard InChI is InChI=1S/C19H20N2O5S2/c1-21(2)28(24,25)16-7-5-14(6-8-16)18(22)20-13-19(23,15-9-11-27-12-15)17-4-3-10-26-17/h3-12,23H,13H2,1-2H3,(H,20,22). The number of aliphatic hydroxyl groups is 1. The van der Waals surface area contributed by atoms with Gasteiger partial charge in [-0.1, -0.05) is 0 Å². The van der Waals surface area contributed by atoms with E-state index in [0.717, 1.165) is 4.31 Å².